The number of aliphatic hydroxyl groups excluding tert-OH is 1. The summed E-state index contributed by atoms with van der Waals surface area (Å²) in [6.45, 7) is 4.38. The van der Waals surface area contributed by atoms with E-state index in [1.54, 1.807) is 0 Å². The lowest BCUT2D eigenvalue weighted by Crippen LogP contribution is -2.74. The Labute approximate surface area is 172 Å². The van der Waals surface area contributed by atoms with E-state index in [-0.39, 0.29) is 0 Å². The quantitative estimate of drug-likeness (QED) is 0.361. The van der Waals surface area contributed by atoms with Crippen LogP contribution in [0.1, 0.15) is 41.0 Å². The first-order valence-corrected chi connectivity index (χ1v) is 9.02. The van der Waals surface area contributed by atoms with Crippen molar-refractivity contribution in [2.45, 2.75) is 77.2 Å². The number of carbonyl (C=O) groups excluding carboxylic acids is 5. The Morgan fingerprint density at radius 1 is 0.633 bits per heavy atom. The SMILES string of the molecule is CC(=O)OC1C(OC(C)=O)[C@@](O)(CCO)[C@@H](OC(C)=O)C(OC(C)=O)[C@H]1OC(C)=O. The van der Waals surface area contributed by atoms with Gasteiger partial charge in [-0.1, -0.05) is 0 Å². The molecule has 2 N–H and O–H groups in total. The first kappa shape index (κ1) is 25.3. The number of ether oxygens (including phenoxy) is 5. The third-order valence-corrected chi connectivity index (χ3v) is 4.23. The second-order valence-electron chi connectivity index (χ2n) is 6.75. The van der Waals surface area contributed by atoms with Crippen LogP contribution in [0.5, 0.6) is 0 Å². The fraction of sp³-hybridized carbons (Fsp3) is 0.722. The highest BCUT2D eigenvalue weighted by molar-refractivity contribution is 5.70. The van der Waals surface area contributed by atoms with Crippen molar-refractivity contribution >= 4 is 29.8 Å². The van der Waals surface area contributed by atoms with Crippen molar-refractivity contribution < 1.29 is 57.9 Å². The molecule has 1 aliphatic carbocycles. The van der Waals surface area contributed by atoms with Crippen LogP contribution < -0.4 is 0 Å². The number of esters is 5. The summed E-state index contributed by atoms with van der Waals surface area (Å²) in [6, 6.07) is 0. The fourth-order valence-electron chi connectivity index (χ4n) is 3.39. The molecule has 0 aromatic heterocycles. The van der Waals surface area contributed by atoms with Gasteiger partial charge in [-0.2, -0.15) is 0 Å². The van der Waals surface area contributed by atoms with Gasteiger partial charge in [0.1, 0.15) is 5.60 Å². The molecule has 0 bridgehead atoms. The molecule has 0 heterocycles. The molecule has 0 aliphatic heterocycles. The summed E-state index contributed by atoms with van der Waals surface area (Å²) in [5, 5.41) is 20.9. The van der Waals surface area contributed by atoms with Crippen molar-refractivity contribution in [2.24, 2.45) is 0 Å². The van der Waals surface area contributed by atoms with E-state index in [2.05, 4.69) is 0 Å². The maximum absolute atomic E-state index is 11.7. The van der Waals surface area contributed by atoms with E-state index in [1.807, 2.05) is 0 Å². The summed E-state index contributed by atoms with van der Waals surface area (Å²) in [7, 11) is 0. The van der Waals surface area contributed by atoms with E-state index in [0.717, 1.165) is 34.6 Å². The lowest BCUT2D eigenvalue weighted by atomic mass is 9.72. The van der Waals surface area contributed by atoms with Gasteiger partial charge in [-0.05, 0) is 0 Å². The third-order valence-electron chi connectivity index (χ3n) is 4.23. The van der Waals surface area contributed by atoms with Crippen LogP contribution in [0.3, 0.4) is 0 Å². The second kappa shape index (κ2) is 10.3. The number of aliphatic hydroxyl groups is 2. The molecule has 170 valence electrons. The van der Waals surface area contributed by atoms with Crippen LogP contribution in [0, 0.1) is 0 Å². The van der Waals surface area contributed by atoms with Gasteiger partial charge in [0.25, 0.3) is 0 Å². The maximum atomic E-state index is 11.7. The van der Waals surface area contributed by atoms with Crippen LogP contribution in [0.15, 0.2) is 0 Å². The molecule has 30 heavy (non-hydrogen) atoms. The number of hydrogen-bond acceptors (Lipinski definition) is 12. The molecule has 1 saturated carbocycles. The molecular formula is C18H26O12. The number of carbonyl (C=O) groups is 5. The minimum atomic E-state index is -2.37. The molecule has 0 spiro atoms. The summed E-state index contributed by atoms with van der Waals surface area (Å²) in [5.41, 5.74) is -2.37. The number of rotatable bonds is 7. The van der Waals surface area contributed by atoms with E-state index in [9.17, 15) is 34.2 Å². The largest absolute Gasteiger partial charge is 0.455 e. The van der Waals surface area contributed by atoms with Crippen LogP contribution in [0.2, 0.25) is 0 Å². The van der Waals surface area contributed by atoms with Gasteiger partial charge in [0.15, 0.2) is 30.5 Å². The minimum Gasteiger partial charge on any atom is -0.455 e. The van der Waals surface area contributed by atoms with Crippen molar-refractivity contribution in [1.82, 2.24) is 0 Å². The Balaban J connectivity index is 3.74. The van der Waals surface area contributed by atoms with Gasteiger partial charge >= 0.3 is 29.8 Å². The Morgan fingerprint density at radius 2 is 0.933 bits per heavy atom. The maximum Gasteiger partial charge on any atom is 0.303 e. The minimum absolute atomic E-state index is 0.536. The molecule has 6 atom stereocenters. The van der Waals surface area contributed by atoms with Crippen molar-refractivity contribution in [1.29, 1.82) is 0 Å². The molecule has 3 unspecified atom stereocenters. The van der Waals surface area contributed by atoms with E-state index in [0.29, 0.717) is 0 Å². The highest BCUT2D eigenvalue weighted by atomic mass is 16.7. The summed E-state index contributed by atoms with van der Waals surface area (Å²) in [6.07, 6.45) is -8.93. The second-order valence-corrected chi connectivity index (χ2v) is 6.75. The van der Waals surface area contributed by atoms with E-state index < -0.39 is 79.0 Å². The normalized spacial score (nSPS) is 30.6. The Kier molecular flexibility index (Phi) is 8.73. The average Bonchev–Trinajstić information content (AvgIpc) is 2.57. The lowest BCUT2D eigenvalue weighted by molar-refractivity contribution is -0.288. The van der Waals surface area contributed by atoms with E-state index in [1.165, 1.54) is 0 Å². The van der Waals surface area contributed by atoms with E-state index in [4.69, 9.17) is 23.7 Å². The zero-order chi connectivity index (χ0) is 23.2. The third kappa shape index (κ3) is 6.13. The number of hydrogen-bond donors (Lipinski definition) is 2. The first-order chi connectivity index (χ1) is 13.8. The lowest BCUT2D eigenvalue weighted by Gasteiger charge is -2.51. The zero-order valence-electron chi connectivity index (χ0n) is 17.3. The van der Waals surface area contributed by atoms with Crippen molar-refractivity contribution in [2.75, 3.05) is 6.61 Å². The summed E-state index contributed by atoms with van der Waals surface area (Å²) < 4.78 is 25.8. The molecule has 1 aliphatic rings. The molecule has 12 nitrogen and oxygen atoms in total. The van der Waals surface area contributed by atoms with Gasteiger partial charge in [-0.25, -0.2) is 0 Å². The average molecular weight is 434 g/mol. The molecule has 0 radical (unpaired) electrons. The predicted molar refractivity (Wildman–Crippen MR) is 94.4 cm³/mol. The van der Waals surface area contributed by atoms with Gasteiger partial charge in [-0.3, -0.25) is 24.0 Å². The van der Waals surface area contributed by atoms with Gasteiger partial charge in [0.05, 0.1) is 0 Å². The topological polar surface area (TPSA) is 172 Å². The Morgan fingerprint density at radius 3 is 1.20 bits per heavy atom. The Bertz CT molecular complexity index is 643. The summed E-state index contributed by atoms with van der Waals surface area (Å²) >= 11 is 0. The fourth-order valence-corrected chi connectivity index (χ4v) is 3.39. The van der Waals surface area contributed by atoms with E-state index >= 15 is 0 Å². The predicted octanol–water partition coefficient (Wildman–Crippen LogP) is -1.23. The summed E-state index contributed by atoms with van der Waals surface area (Å²) in [5.74, 6) is -4.50. The smallest absolute Gasteiger partial charge is 0.303 e. The Hall–Kier alpha value is -2.73. The highest BCUT2D eigenvalue weighted by Gasteiger charge is 2.66. The molecule has 1 fully saturated rings. The molecule has 0 saturated heterocycles. The van der Waals surface area contributed by atoms with Crippen LogP contribution in [-0.4, -0.2) is 82.8 Å². The van der Waals surface area contributed by atoms with Gasteiger partial charge < -0.3 is 33.9 Å². The molecule has 0 aromatic rings. The first-order valence-electron chi connectivity index (χ1n) is 9.02. The standard InChI is InChI=1S/C18H26O12/c1-8(20)26-13-14(27-9(2)21)16(29-11(4)23)18(25,6-7-19)17(30-12(5)24)15(13)28-10(3)22/h13-17,19,25H,6-7H2,1-5H3/t13-,14?,15?,16+,17?,18-/m1/s1. The van der Waals surface area contributed by atoms with Crippen molar-refractivity contribution in [3.05, 3.63) is 0 Å². The molecular weight excluding hydrogens is 408 g/mol. The molecule has 12 heteroatoms. The van der Waals surface area contributed by atoms with Gasteiger partial charge in [-0.15, -0.1) is 0 Å². The van der Waals surface area contributed by atoms with Crippen LogP contribution >= 0.6 is 0 Å². The van der Waals surface area contributed by atoms with Crippen LogP contribution in [0.4, 0.5) is 0 Å². The molecule has 0 amide bonds. The molecule has 0 aromatic carbocycles. The van der Waals surface area contributed by atoms with Crippen molar-refractivity contribution in [3.8, 4) is 0 Å². The van der Waals surface area contributed by atoms with Crippen molar-refractivity contribution in [3.63, 3.8) is 0 Å². The van der Waals surface area contributed by atoms with Gasteiger partial charge in [0, 0.05) is 47.6 Å². The monoisotopic (exact) mass is 434 g/mol. The van der Waals surface area contributed by atoms with Crippen LogP contribution in [-0.2, 0) is 47.7 Å². The van der Waals surface area contributed by atoms with Crippen LogP contribution in [0.25, 0.3) is 0 Å². The highest BCUT2D eigenvalue weighted by Crippen LogP contribution is 2.40. The van der Waals surface area contributed by atoms with Gasteiger partial charge in [0.2, 0.25) is 0 Å². The zero-order valence-corrected chi connectivity index (χ0v) is 17.3. The summed E-state index contributed by atoms with van der Waals surface area (Å²) in [4.78, 5) is 58.5. The molecule has 1 rings (SSSR count).